The molecule has 0 saturated heterocycles. The van der Waals surface area contributed by atoms with Gasteiger partial charge in [-0.3, -0.25) is 0 Å². The van der Waals surface area contributed by atoms with Gasteiger partial charge in [0.2, 0.25) is 0 Å². The highest BCUT2D eigenvalue weighted by atomic mass is 32.2. The average molecular weight is 213 g/mol. The third-order valence-electron chi connectivity index (χ3n) is 1.63. The Hall–Kier alpha value is -1.01. The lowest BCUT2D eigenvalue weighted by Crippen LogP contribution is -2.19. The molecule has 4 N–H and O–H groups in total. The molecule has 78 valence electrons. The van der Waals surface area contributed by atoms with Gasteiger partial charge >= 0.3 is 0 Å². The lowest BCUT2D eigenvalue weighted by Gasteiger charge is -2.13. The van der Waals surface area contributed by atoms with Crippen LogP contribution in [0.4, 0.5) is 11.6 Å². The van der Waals surface area contributed by atoms with E-state index in [2.05, 4.69) is 33.9 Å². The van der Waals surface area contributed by atoms with Crippen molar-refractivity contribution < 1.29 is 0 Å². The Balaban J connectivity index is 2.57. The summed E-state index contributed by atoms with van der Waals surface area (Å²) in [5.74, 6) is 7.67. The van der Waals surface area contributed by atoms with E-state index in [4.69, 9.17) is 5.84 Å². The second kappa shape index (κ2) is 5.66. The van der Waals surface area contributed by atoms with Crippen LogP contribution in [0.1, 0.15) is 6.92 Å². The number of aromatic nitrogens is 2. The number of hydrogen-bond acceptors (Lipinski definition) is 6. The molecular weight excluding hydrogens is 198 g/mol. The molecule has 6 heteroatoms. The van der Waals surface area contributed by atoms with Crippen molar-refractivity contribution in [1.82, 2.24) is 9.97 Å². The highest BCUT2D eigenvalue weighted by molar-refractivity contribution is 7.98. The van der Waals surface area contributed by atoms with Crippen LogP contribution in [-0.2, 0) is 0 Å². The summed E-state index contributed by atoms with van der Waals surface area (Å²) in [7, 11) is 0. The van der Waals surface area contributed by atoms with Crippen molar-refractivity contribution in [2.45, 2.75) is 13.0 Å². The Labute approximate surface area is 87.9 Å². The van der Waals surface area contributed by atoms with E-state index >= 15 is 0 Å². The Bertz CT molecular complexity index is 280. The van der Waals surface area contributed by atoms with Crippen LogP contribution < -0.4 is 16.6 Å². The summed E-state index contributed by atoms with van der Waals surface area (Å²) in [5, 5.41) is 3.25. The monoisotopic (exact) mass is 213 g/mol. The predicted molar refractivity (Wildman–Crippen MR) is 61.3 cm³/mol. The summed E-state index contributed by atoms with van der Waals surface area (Å²) in [6, 6.07) is 2.15. The molecule has 0 spiro atoms. The van der Waals surface area contributed by atoms with E-state index in [0.29, 0.717) is 11.9 Å². The lowest BCUT2D eigenvalue weighted by molar-refractivity contribution is 0.900. The molecule has 1 rings (SSSR count). The molecule has 1 aromatic heterocycles. The van der Waals surface area contributed by atoms with Crippen molar-refractivity contribution in [3.8, 4) is 0 Å². The summed E-state index contributed by atoms with van der Waals surface area (Å²) >= 11 is 1.79. The minimum absolute atomic E-state index is 0.380. The largest absolute Gasteiger partial charge is 0.367 e. The first-order valence-electron chi connectivity index (χ1n) is 4.30. The van der Waals surface area contributed by atoms with Crippen LogP contribution in [-0.4, -0.2) is 28.0 Å². The van der Waals surface area contributed by atoms with Crippen LogP contribution in [0.3, 0.4) is 0 Å². The fourth-order valence-corrected chi connectivity index (χ4v) is 1.64. The van der Waals surface area contributed by atoms with Gasteiger partial charge in [-0.2, -0.15) is 11.8 Å². The first kappa shape index (κ1) is 11.1. The van der Waals surface area contributed by atoms with Gasteiger partial charge in [0, 0.05) is 17.9 Å². The molecule has 1 atom stereocenters. The summed E-state index contributed by atoms with van der Waals surface area (Å²) in [5.41, 5.74) is 2.48. The summed E-state index contributed by atoms with van der Waals surface area (Å²) < 4.78 is 0. The van der Waals surface area contributed by atoms with Crippen molar-refractivity contribution in [3.63, 3.8) is 0 Å². The SMILES string of the molecule is CSCC(C)Nc1cc(NN)ncn1. The Kier molecular flexibility index (Phi) is 4.48. The highest BCUT2D eigenvalue weighted by Crippen LogP contribution is 2.09. The average Bonchev–Trinajstić information content (AvgIpc) is 2.18. The summed E-state index contributed by atoms with van der Waals surface area (Å²) in [6.07, 6.45) is 3.55. The van der Waals surface area contributed by atoms with Gasteiger partial charge in [-0.1, -0.05) is 0 Å². The van der Waals surface area contributed by atoms with Crippen molar-refractivity contribution in [1.29, 1.82) is 0 Å². The molecule has 0 aliphatic carbocycles. The van der Waals surface area contributed by atoms with Crippen LogP contribution in [0.25, 0.3) is 0 Å². The molecule has 0 aliphatic rings. The van der Waals surface area contributed by atoms with Gasteiger partial charge in [0.25, 0.3) is 0 Å². The Morgan fingerprint density at radius 1 is 1.50 bits per heavy atom. The number of nitrogens with two attached hydrogens (primary N) is 1. The van der Waals surface area contributed by atoms with Crippen LogP contribution in [0.2, 0.25) is 0 Å². The predicted octanol–water partition coefficient (Wildman–Crippen LogP) is 0.926. The third kappa shape index (κ3) is 3.39. The molecule has 14 heavy (non-hydrogen) atoms. The number of nitrogen functional groups attached to an aromatic ring is 1. The zero-order chi connectivity index (χ0) is 10.4. The maximum Gasteiger partial charge on any atom is 0.145 e. The highest BCUT2D eigenvalue weighted by Gasteiger charge is 2.02. The van der Waals surface area contributed by atoms with Crippen LogP contribution in [0.15, 0.2) is 12.4 Å². The molecule has 5 nitrogen and oxygen atoms in total. The smallest absolute Gasteiger partial charge is 0.145 e. The summed E-state index contributed by atoms with van der Waals surface area (Å²) in [6.45, 7) is 2.11. The van der Waals surface area contributed by atoms with E-state index in [0.717, 1.165) is 11.6 Å². The number of nitrogens with zero attached hydrogens (tertiary/aromatic N) is 2. The molecule has 0 radical (unpaired) electrons. The molecule has 0 bridgehead atoms. The van der Waals surface area contributed by atoms with Crippen molar-refractivity contribution in [2.24, 2.45) is 5.84 Å². The van der Waals surface area contributed by atoms with Crippen molar-refractivity contribution >= 4 is 23.4 Å². The number of anilines is 2. The van der Waals surface area contributed by atoms with Crippen molar-refractivity contribution in [2.75, 3.05) is 22.8 Å². The Morgan fingerprint density at radius 2 is 2.21 bits per heavy atom. The maximum absolute atomic E-state index is 5.24. The molecule has 0 saturated carbocycles. The van der Waals surface area contributed by atoms with E-state index in [1.165, 1.54) is 6.33 Å². The van der Waals surface area contributed by atoms with Crippen LogP contribution in [0, 0.1) is 0 Å². The lowest BCUT2D eigenvalue weighted by atomic mass is 10.4. The van der Waals surface area contributed by atoms with E-state index in [-0.39, 0.29) is 0 Å². The minimum atomic E-state index is 0.380. The van der Waals surface area contributed by atoms with Crippen molar-refractivity contribution in [3.05, 3.63) is 12.4 Å². The fraction of sp³-hybridized carbons (Fsp3) is 0.500. The van der Waals surface area contributed by atoms with E-state index in [1.807, 2.05) is 0 Å². The Morgan fingerprint density at radius 3 is 2.86 bits per heavy atom. The van der Waals surface area contributed by atoms with Gasteiger partial charge in [0.1, 0.15) is 18.0 Å². The van der Waals surface area contributed by atoms with E-state index in [9.17, 15) is 0 Å². The first-order valence-corrected chi connectivity index (χ1v) is 5.69. The first-order chi connectivity index (χ1) is 6.76. The normalized spacial score (nSPS) is 12.2. The molecule has 1 unspecified atom stereocenters. The molecular formula is C8H15N5S. The number of rotatable bonds is 5. The van der Waals surface area contributed by atoms with Crippen LogP contribution in [0.5, 0.6) is 0 Å². The third-order valence-corrected chi connectivity index (χ3v) is 2.46. The van der Waals surface area contributed by atoms with Gasteiger partial charge in [-0.15, -0.1) is 0 Å². The number of thioether (sulfide) groups is 1. The minimum Gasteiger partial charge on any atom is -0.367 e. The van der Waals surface area contributed by atoms with Gasteiger partial charge in [0.05, 0.1) is 0 Å². The van der Waals surface area contributed by atoms with Gasteiger partial charge in [-0.05, 0) is 13.2 Å². The maximum atomic E-state index is 5.24. The molecule has 0 aromatic carbocycles. The van der Waals surface area contributed by atoms with E-state index < -0.39 is 0 Å². The zero-order valence-electron chi connectivity index (χ0n) is 8.32. The molecule has 0 aliphatic heterocycles. The topological polar surface area (TPSA) is 75.9 Å². The van der Waals surface area contributed by atoms with Gasteiger partial charge in [-0.25, -0.2) is 15.8 Å². The molecule has 1 heterocycles. The fourth-order valence-electron chi connectivity index (χ4n) is 1.06. The second-order valence-corrected chi connectivity index (χ2v) is 3.84. The second-order valence-electron chi connectivity index (χ2n) is 2.93. The standard InChI is InChI=1S/C8H15N5S/c1-6(4-14-2)12-7-3-8(13-9)11-5-10-7/h3,5-6H,4,9H2,1-2H3,(H2,10,11,12,13). The molecule has 1 aromatic rings. The van der Waals surface area contributed by atoms with Gasteiger partial charge in [0.15, 0.2) is 0 Å². The zero-order valence-corrected chi connectivity index (χ0v) is 9.14. The molecule has 0 fully saturated rings. The molecule has 0 amide bonds. The van der Waals surface area contributed by atoms with E-state index in [1.54, 1.807) is 17.8 Å². The number of hydrazine groups is 1. The quantitative estimate of drug-likeness (QED) is 0.499. The van der Waals surface area contributed by atoms with Gasteiger partial charge < -0.3 is 10.7 Å². The van der Waals surface area contributed by atoms with Crippen LogP contribution >= 0.6 is 11.8 Å². The summed E-state index contributed by atoms with van der Waals surface area (Å²) in [4.78, 5) is 8.00. The number of nitrogens with one attached hydrogen (secondary N) is 2. The number of hydrogen-bond donors (Lipinski definition) is 3.